The zero-order chi connectivity index (χ0) is 11.2. The molecule has 1 N–H and O–H groups in total. The van der Waals surface area contributed by atoms with E-state index in [2.05, 4.69) is 0 Å². The van der Waals surface area contributed by atoms with Crippen molar-refractivity contribution in [2.45, 2.75) is 57.4 Å². The molecule has 1 saturated heterocycles. The molecule has 1 aliphatic rings. The zero-order valence-electron chi connectivity index (χ0n) is 9.63. The highest BCUT2D eigenvalue weighted by molar-refractivity contribution is 4.99. The summed E-state index contributed by atoms with van der Waals surface area (Å²) in [6.45, 7) is 7.30. The summed E-state index contributed by atoms with van der Waals surface area (Å²) < 4.78 is 5.09. The minimum absolute atomic E-state index is 0.337. The van der Waals surface area contributed by atoms with Gasteiger partial charge in [0.15, 0.2) is 5.79 Å². The highest BCUT2D eigenvalue weighted by Crippen LogP contribution is 2.42. The van der Waals surface area contributed by atoms with Gasteiger partial charge >= 0.3 is 0 Å². The normalized spacial score (nSPS) is 30.2. The van der Waals surface area contributed by atoms with Gasteiger partial charge in [-0.25, -0.2) is 0 Å². The molecule has 83 valence electrons. The molecule has 1 rings (SSSR count). The van der Waals surface area contributed by atoms with Crippen LogP contribution in [-0.2, 0) is 9.94 Å². The van der Waals surface area contributed by atoms with Crippen LogP contribution in [0.4, 0.5) is 0 Å². The molecule has 1 aliphatic heterocycles. The highest BCUT2D eigenvalue weighted by Gasteiger charge is 2.52. The van der Waals surface area contributed by atoms with Crippen LogP contribution in [0.15, 0.2) is 0 Å². The van der Waals surface area contributed by atoms with E-state index in [0.717, 1.165) is 5.06 Å². The van der Waals surface area contributed by atoms with Crippen molar-refractivity contribution in [3.8, 4) is 0 Å². The molecule has 4 nitrogen and oxygen atoms in total. The van der Waals surface area contributed by atoms with Crippen LogP contribution in [0.1, 0.15) is 40.5 Å². The fourth-order valence-corrected chi connectivity index (χ4v) is 2.52. The summed E-state index contributed by atoms with van der Waals surface area (Å²) in [6, 6.07) is 0. The van der Waals surface area contributed by atoms with Gasteiger partial charge in [-0.15, -0.1) is 10.3 Å². The van der Waals surface area contributed by atoms with Gasteiger partial charge in [-0.05, 0) is 27.7 Å². The van der Waals surface area contributed by atoms with Gasteiger partial charge in [0.2, 0.25) is 0 Å². The van der Waals surface area contributed by atoms with Crippen LogP contribution >= 0.6 is 0 Å². The molecule has 0 aromatic rings. The van der Waals surface area contributed by atoms with Crippen molar-refractivity contribution < 1.29 is 15.1 Å². The third kappa shape index (κ3) is 1.93. The molecule has 0 aromatic heterocycles. The van der Waals surface area contributed by atoms with E-state index in [1.807, 2.05) is 27.7 Å². The van der Waals surface area contributed by atoms with Gasteiger partial charge < -0.3 is 9.84 Å². The minimum Gasteiger partial charge on any atom is -0.365 e. The van der Waals surface area contributed by atoms with Crippen LogP contribution in [0.25, 0.3) is 0 Å². The molecule has 0 spiro atoms. The second-order valence-electron chi connectivity index (χ2n) is 5.42. The fraction of sp³-hybridized carbons (Fsp3) is 1.00. The first kappa shape index (κ1) is 11.9. The molecule has 0 amide bonds. The topological polar surface area (TPSA) is 52.6 Å². The number of aliphatic hydroxyl groups is 1. The average molecular weight is 202 g/mol. The van der Waals surface area contributed by atoms with Crippen molar-refractivity contribution in [2.24, 2.45) is 0 Å². The van der Waals surface area contributed by atoms with E-state index in [0.29, 0.717) is 12.8 Å². The Bertz CT molecular complexity index is 202. The Morgan fingerprint density at radius 2 is 1.50 bits per heavy atom. The maximum atomic E-state index is 11.9. The highest BCUT2D eigenvalue weighted by atomic mass is 16.6. The Labute approximate surface area is 85.4 Å². The van der Waals surface area contributed by atoms with Crippen molar-refractivity contribution in [1.29, 1.82) is 0 Å². The van der Waals surface area contributed by atoms with E-state index in [9.17, 15) is 10.3 Å². The minimum atomic E-state index is -1.17. The van der Waals surface area contributed by atoms with Gasteiger partial charge in [-0.3, -0.25) is 0 Å². The molecule has 4 heteroatoms. The second kappa shape index (κ2) is 3.17. The van der Waals surface area contributed by atoms with Crippen LogP contribution in [0.3, 0.4) is 0 Å². The number of hydrogen-bond acceptors (Lipinski definition) is 3. The van der Waals surface area contributed by atoms with Crippen molar-refractivity contribution in [3.05, 3.63) is 0 Å². The van der Waals surface area contributed by atoms with Crippen molar-refractivity contribution >= 4 is 0 Å². The lowest BCUT2D eigenvalue weighted by atomic mass is 9.78. The summed E-state index contributed by atoms with van der Waals surface area (Å²) in [5.41, 5.74) is -1.18. The summed E-state index contributed by atoms with van der Waals surface area (Å²) in [5.74, 6) is -1.17. The van der Waals surface area contributed by atoms with E-state index in [1.54, 1.807) is 0 Å². The molecule has 1 radical (unpaired) electrons. The van der Waals surface area contributed by atoms with Crippen molar-refractivity contribution in [3.63, 3.8) is 0 Å². The van der Waals surface area contributed by atoms with Crippen molar-refractivity contribution in [2.75, 3.05) is 7.11 Å². The molecular formula is C10H20NO3. The van der Waals surface area contributed by atoms with Crippen LogP contribution in [0.2, 0.25) is 0 Å². The quantitative estimate of drug-likeness (QED) is 0.652. The van der Waals surface area contributed by atoms with Crippen LogP contribution in [0.5, 0.6) is 0 Å². The molecule has 14 heavy (non-hydrogen) atoms. The number of hydrogen-bond donors (Lipinski definition) is 1. The third-order valence-corrected chi connectivity index (χ3v) is 2.90. The summed E-state index contributed by atoms with van der Waals surface area (Å²) in [5, 5.41) is 23.1. The predicted octanol–water partition coefficient (Wildman–Crippen LogP) is 1.32. The third-order valence-electron chi connectivity index (χ3n) is 2.90. The first-order valence-corrected chi connectivity index (χ1v) is 4.88. The zero-order valence-corrected chi connectivity index (χ0v) is 9.63. The number of ether oxygens (including phenoxy) is 1. The SMILES string of the molecule is COC1(O)CC(C)(C)N([O])C(C)(C)C1. The maximum Gasteiger partial charge on any atom is 0.168 e. The number of hydroxylamine groups is 2. The van der Waals surface area contributed by atoms with Crippen LogP contribution in [-0.4, -0.2) is 34.1 Å². The molecule has 0 unspecified atom stereocenters. The molecule has 0 aliphatic carbocycles. The Hall–Kier alpha value is -0.160. The van der Waals surface area contributed by atoms with E-state index >= 15 is 0 Å². The lowest BCUT2D eigenvalue weighted by molar-refractivity contribution is -0.348. The summed E-state index contributed by atoms with van der Waals surface area (Å²) in [7, 11) is 1.48. The smallest absolute Gasteiger partial charge is 0.168 e. The lowest BCUT2D eigenvalue weighted by Crippen LogP contribution is -2.64. The van der Waals surface area contributed by atoms with Gasteiger partial charge in [0.05, 0.1) is 0 Å². The first-order chi connectivity index (χ1) is 6.13. The lowest BCUT2D eigenvalue weighted by Gasteiger charge is -2.52. The Balaban J connectivity index is 2.97. The summed E-state index contributed by atoms with van der Waals surface area (Å²) in [4.78, 5) is 0. The van der Waals surface area contributed by atoms with Gasteiger partial charge in [-0.1, -0.05) is 0 Å². The van der Waals surface area contributed by atoms with Gasteiger partial charge in [0.25, 0.3) is 0 Å². The van der Waals surface area contributed by atoms with Gasteiger partial charge in [0.1, 0.15) is 0 Å². The van der Waals surface area contributed by atoms with E-state index in [-0.39, 0.29) is 0 Å². The van der Waals surface area contributed by atoms with Gasteiger partial charge in [0, 0.05) is 31.0 Å². The van der Waals surface area contributed by atoms with E-state index in [1.165, 1.54) is 7.11 Å². The Kier molecular flexibility index (Phi) is 2.69. The summed E-state index contributed by atoms with van der Waals surface area (Å²) in [6.07, 6.45) is 0.673. The number of rotatable bonds is 1. The Morgan fingerprint density at radius 3 is 1.79 bits per heavy atom. The number of piperidine rings is 1. The largest absolute Gasteiger partial charge is 0.365 e. The van der Waals surface area contributed by atoms with Crippen LogP contribution in [0, 0.1) is 0 Å². The second-order valence-corrected chi connectivity index (χ2v) is 5.42. The molecular weight excluding hydrogens is 182 g/mol. The predicted molar refractivity (Wildman–Crippen MR) is 51.9 cm³/mol. The van der Waals surface area contributed by atoms with Crippen LogP contribution < -0.4 is 0 Å². The molecule has 0 atom stereocenters. The van der Waals surface area contributed by atoms with Gasteiger partial charge in [-0.2, -0.15) is 0 Å². The Morgan fingerprint density at radius 1 is 1.14 bits per heavy atom. The van der Waals surface area contributed by atoms with E-state index < -0.39 is 16.9 Å². The standard InChI is InChI=1S/C10H20NO3/c1-8(2)6-10(12,14-5)7-9(3,4)11(8)13/h12H,6-7H2,1-5H3. The molecule has 0 aromatic carbocycles. The fourth-order valence-electron chi connectivity index (χ4n) is 2.52. The average Bonchev–Trinajstić information content (AvgIpc) is 1.99. The molecule has 0 bridgehead atoms. The molecule has 1 fully saturated rings. The monoisotopic (exact) mass is 202 g/mol. The molecule has 0 saturated carbocycles. The molecule has 1 heterocycles. The summed E-state index contributed by atoms with van der Waals surface area (Å²) >= 11 is 0. The maximum absolute atomic E-state index is 11.9. The van der Waals surface area contributed by atoms with E-state index in [4.69, 9.17) is 4.74 Å². The number of methoxy groups -OCH3 is 1. The number of nitrogens with zero attached hydrogens (tertiary/aromatic N) is 1. The first-order valence-electron chi connectivity index (χ1n) is 4.88. The van der Waals surface area contributed by atoms with Crippen molar-refractivity contribution in [1.82, 2.24) is 5.06 Å².